The minimum atomic E-state index is -1.55. The van der Waals surface area contributed by atoms with Crippen LogP contribution < -0.4 is 16.0 Å². The summed E-state index contributed by atoms with van der Waals surface area (Å²) in [6.07, 6.45) is 0. The predicted molar refractivity (Wildman–Crippen MR) is 106 cm³/mol. The Morgan fingerprint density at radius 2 is 1.62 bits per heavy atom. The highest BCUT2D eigenvalue weighted by atomic mass is 16.5. The first-order valence-corrected chi connectivity index (χ1v) is 8.59. The summed E-state index contributed by atoms with van der Waals surface area (Å²) >= 11 is 0. The number of hydrogen-bond acceptors (Lipinski definition) is 5. The Morgan fingerprint density at radius 1 is 1.00 bits per heavy atom. The topological polar surface area (TPSA) is 143 Å². The number of hydrogen-bond donors (Lipinski definition) is 4. The van der Waals surface area contributed by atoms with Crippen LogP contribution in [0.25, 0.3) is 11.1 Å². The summed E-state index contributed by atoms with van der Waals surface area (Å²) in [4.78, 5) is 37.4. The molecule has 0 spiro atoms. The molecule has 148 valence electrons. The number of nitrogens with one attached hydrogen (secondary N) is 1. The Kier molecular flexibility index (Phi) is 5.36. The molecule has 2 aromatic carbocycles. The van der Waals surface area contributed by atoms with E-state index in [4.69, 9.17) is 10.5 Å². The lowest BCUT2D eigenvalue weighted by Crippen LogP contribution is -2.24. The van der Waals surface area contributed by atoms with Gasteiger partial charge in [-0.15, -0.1) is 0 Å². The molecule has 8 nitrogen and oxygen atoms in total. The standard InChI is InChI=1S/C21H18N2O6/c1-11-4-2-3-5-13(11)10-29-14-8-6-12(7-9-14)15-16(20(25)26)18(22)23-19(24)17(15)21(27)28/h2-9H,10H2,1H3,(H,25,26)(H,27,28)(H3,22,23,24). The Labute approximate surface area is 165 Å². The second-order valence-electron chi connectivity index (χ2n) is 6.34. The number of aromatic nitrogens is 1. The number of H-pyrrole nitrogens is 1. The van der Waals surface area contributed by atoms with E-state index >= 15 is 0 Å². The number of anilines is 1. The average Bonchev–Trinajstić information content (AvgIpc) is 2.66. The lowest BCUT2D eigenvalue weighted by atomic mass is 9.95. The van der Waals surface area contributed by atoms with Crippen molar-refractivity contribution in [1.29, 1.82) is 0 Å². The van der Waals surface area contributed by atoms with Crippen molar-refractivity contribution in [2.45, 2.75) is 13.5 Å². The normalized spacial score (nSPS) is 10.5. The van der Waals surface area contributed by atoms with Crippen molar-refractivity contribution in [3.63, 3.8) is 0 Å². The number of pyridine rings is 1. The molecule has 0 aliphatic rings. The molecule has 0 radical (unpaired) electrons. The van der Waals surface area contributed by atoms with Crippen molar-refractivity contribution in [3.8, 4) is 16.9 Å². The number of rotatable bonds is 6. The zero-order valence-electron chi connectivity index (χ0n) is 15.4. The summed E-state index contributed by atoms with van der Waals surface area (Å²) in [6, 6.07) is 13.9. The molecule has 3 rings (SSSR count). The third-order valence-electron chi connectivity index (χ3n) is 4.47. The number of carbonyl (C=O) groups is 2. The van der Waals surface area contributed by atoms with Gasteiger partial charge in [0.1, 0.15) is 29.3 Å². The number of ether oxygens (including phenoxy) is 1. The van der Waals surface area contributed by atoms with E-state index in [1.54, 1.807) is 12.1 Å². The Balaban J connectivity index is 1.99. The van der Waals surface area contributed by atoms with Gasteiger partial charge in [-0.25, -0.2) is 9.59 Å². The number of nitrogen functional groups attached to an aromatic ring is 1. The molecule has 0 saturated carbocycles. The lowest BCUT2D eigenvalue weighted by Gasteiger charge is -2.13. The van der Waals surface area contributed by atoms with Crippen LogP contribution in [0.1, 0.15) is 31.8 Å². The average molecular weight is 394 g/mol. The van der Waals surface area contributed by atoms with E-state index in [0.717, 1.165) is 11.1 Å². The molecular formula is C21H18N2O6. The quantitative estimate of drug-likeness (QED) is 0.503. The molecule has 0 unspecified atom stereocenters. The molecular weight excluding hydrogens is 376 g/mol. The Morgan fingerprint density at radius 3 is 2.21 bits per heavy atom. The maximum atomic E-state index is 12.1. The maximum absolute atomic E-state index is 12.1. The second kappa shape index (κ2) is 7.89. The van der Waals surface area contributed by atoms with E-state index in [1.165, 1.54) is 12.1 Å². The van der Waals surface area contributed by atoms with Crippen molar-refractivity contribution in [3.05, 3.63) is 81.1 Å². The van der Waals surface area contributed by atoms with E-state index in [1.807, 2.05) is 31.2 Å². The van der Waals surface area contributed by atoms with E-state index in [-0.39, 0.29) is 11.1 Å². The van der Waals surface area contributed by atoms with Gasteiger partial charge in [-0.05, 0) is 35.7 Å². The fourth-order valence-electron chi connectivity index (χ4n) is 2.99. The van der Waals surface area contributed by atoms with Gasteiger partial charge in [0.25, 0.3) is 5.56 Å². The summed E-state index contributed by atoms with van der Waals surface area (Å²) < 4.78 is 5.74. The Hall–Kier alpha value is -4.07. The van der Waals surface area contributed by atoms with E-state index in [0.29, 0.717) is 12.4 Å². The van der Waals surface area contributed by atoms with Gasteiger partial charge in [0.15, 0.2) is 0 Å². The van der Waals surface area contributed by atoms with E-state index < -0.39 is 34.4 Å². The first-order chi connectivity index (χ1) is 13.8. The highest BCUT2D eigenvalue weighted by molar-refractivity contribution is 6.07. The first kappa shape index (κ1) is 19.7. The van der Waals surface area contributed by atoms with Crippen LogP contribution in [0.4, 0.5) is 5.82 Å². The number of carboxylic acids is 2. The van der Waals surface area contributed by atoms with Gasteiger partial charge in [-0.1, -0.05) is 36.4 Å². The van der Waals surface area contributed by atoms with Crippen LogP contribution in [0.5, 0.6) is 5.75 Å². The molecule has 0 amide bonds. The van der Waals surface area contributed by atoms with Crippen LogP contribution >= 0.6 is 0 Å². The summed E-state index contributed by atoms with van der Waals surface area (Å²) in [7, 11) is 0. The highest BCUT2D eigenvalue weighted by Crippen LogP contribution is 2.30. The monoisotopic (exact) mass is 394 g/mol. The molecule has 0 fully saturated rings. The molecule has 1 heterocycles. The molecule has 0 atom stereocenters. The summed E-state index contributed by atoms with van der Waals surface area (Å²) in [6.45, 7) is 2.31. The lowest BCUT2D eigenvalue weighted by molar-refractivity contribution is 0.0695. The van der Waals surface area contributed by atoms with Crippen molar-refractivity contribution in [1.82, 2.24) is 4.98 Å². The SMILES string of the molecule is Cc1ccccc1COc1ccc(-c2c(C(=O)O)c(N)[nH]c(=O)c2C(=O)O)cc1. The van der Waals surface area contributed by atoms with Crippen molar-refractivity contribution < 1.29 is 24.5 Å². The van der Waals surface area contributed by atoms with Gasteiger partial charge in [-0.2, -0.15) is 0 Å². The van der Waals surface area contributed by atoms with Crippen LogP contribution in [-0.2, 0) is 6.61 Å². The molecule has 1 aromatic heterocycles. The van der Waals surface area contributed by atoms with Crippen molar-refractivity contribution >= 4 is 17.8 Å². The zero-order valence-corrected chi connectivity index (χ0v) is 15.4. The van der Waals surface area contributed by atoms with Crippen LogP contribution in [-0.4, -0.2) is 27.1 Å². The molecule has 8 heteroatoms. The molecule has 29 heavy (non-hydrogen) atoms. The fourth-order valence-corrected chi connectivity index (χ4v) is 2.99. The molecule has 3 aromatic rings. The molecule has 5 N–H and O–H groups in total. The van der Waals surface area contributed by atoms with Crippen molar-refractivity contribution in [2.24, 2.45) is 0 Å². The smallest absolute Gasteiger partial charge is 0.342 e. The minimum absolute atomic E-state index is 0.223. The van der Waals surface area contributed by atoms with Crippen molar-refractivity contribution in [2.75, 3.05) is 5.73 Å². The molecule has 0 aliphatic heterocycles. The Bertz CT molecular complexity index is 1150. The van der Waals surface area contributed by atoms with Gasteiger partial charge >= 0.3 is 11.9 Å². The van der Waals surface area contributed by atoms with E-state index in [2.05, 4.69) is 4.98 Å². The number of aromatic amines is 1. The largest absolute Gasteiger partial charge is 0.489 e. The van der Waals surface area contributed by atoms with Crippen LogP contribution in [0.15, 0.2) is 53.3 Å². The first-order valence-electron chi connectivity index (χ1n) is 8.59. The minimum Gasteiger partial charge on any atom is -0.489 e. The van der Waals surface area contributed by atoms with Gasteiger partial charge in [-0.3, -0.25) is 4.79 Å². The number of benzene rings is 2. The summed E-state index contributed by atoms with van der Waals surface area (Å²) in [5, 5.41) is 18.9. The highest BCUT2D eigenvalue weighted by Gasteiger charge is 2.26. The third-order valence-corrected chi connectivity index (χ3v) is 4.47. The fraction of sp³-hybridized carbons (Fsp3) is 0.0952. The predicted octanol–water partition coefficient (Wildman–Crippen LogP) is 2.91. The van der Waals surface area contributed by atoms with Gasteiger partial charge < -0.3 is 25.7 Å². The van der Waals surface area contributed by atoms with E-state index in [9.17, 15) is 24.6 Å². The summed E-state index contributed by atoms with van der Waals surface area (Å²) in [5.41, 5.74) is 5.56. The summed E-state index contributed by atoms with van der Waals surface area (Å²) in [5.74, 6) is -2.91. The van der Waals surface area contributed by atoms with Crippen LogP contribution in [0.2, 0.25) is 0 Å². The maximum Gasteiger partial charge on any atom is 0.342 e. The second-order valence-corrected chi connectivity index (χ2v) is 6.34. The van der Waals surface area contributed by atoms with Crippen LogP contribution in [0.3, 0.4) is 0 Å². The number of carboxylic acid groups (broad SMARTS) is 2. The molecule has 0 bridgehead atoms. The number of aryl methyl sites for hydroxylation is 1. The van der Waals surface area contributed by atoms with Gasteiger partial charge in [0, 0.05) is 5.56 Å². The number of nitrogens with two attached hydrogens (primary N) is 1. The van der Waals surface area contributed by atoms with Gasteiger partial charge in [0.05, 0.1) is 0 Å². The third kappa shape index (κ3) is 3.96. The zero-order chi connectivity index (χ0) is 21.1. The number of aromatic carboxylic acids is 2. The molecule has 0 saturated heterocycles. The van der Waals surface area contributed by atoms with Crippen LogP contribution in [0, 0.1) is 6.92 Å². The van der Waals surface area contributed by atoms with Gasteiger partial charge in [0.2, 0.25) is 0 Å². The molecule has 0 aliphatic carbocycles.